The number of aryl methyl sites for hydroxylation is 1. The van der Waals surface area contributed by atoms with Crippen LogP contribution in [0.2, 0.25) is 0 Å². The molecule has 0 radical (unpaired) electrons. The lowest BCUT2D eigenvalue weighted by Crippen LogP contribution is -2.32. The Morgan fingerprint density at radius 1 is 1.26 bits per heavy atom. The lowest BCUT2D eigenvalue weighted by atomic mass is 9.87. The van der Waals surface area contributed by atoms with Gasteiger partial charge in [0.05, 0.1) is 5.69 Å². The largest absolute Gasteiger partial charge is 0.375 e. The maximum atomic E-state index is 5.74. The van der Waals surface area contributed by atoms with Gasteiger partial charge in [0.2, 0.25) is 0 Å². The third kappa shape index (κ3) is 4.14. The topological polar surface area (TPSA) is 75.2 Å². The first kappa shape index (κ1) is 23.6. The molecule has 0 unspecified atom stereocenters. The molecule has 0 aliphatic carbocycles. The van der Waals surface area contributed by atoms with Crippen LogP contribution in [-0.4, -0.2) is 44.1 Å². The number of likely N-dealkylation sites (tertiary alicyclic amines) is 1. The summed E-state index contributed by atoms with van der Waals surface area (Å²) in [6, 6.07) is 7.06. The predicted octanol–water partition coefficient (Wildman–Crippen LogP) is 5.91. The van der Waals surface area contributed by atoms with Crippen molar-refractivity contribution in [1.82, 2.24) is 24.5 Å². The van der Waals surface area contributed by atoms with E-state index < -0.39 is 0 Å². The van der Waals surface area contributed by atoms with E-state index in [1.165, 1.54) is 50.1 Å². The van der Waals surface area contributed by atoms with Crippen LogP contribution in [0.25, 0.3) is 27.8 Å². The van der Waals surface area contributed by atoms with Gasteiger partial charge in [-0.3, -0.25) is 0 Å². The van der Waals surface area contributed by atoms with Crippen molar-refractivity contribution in [3.63, 3.8) is 0 Å². The van der Waals surface area contributed by atoms with Gasteiger partial charge in [-0.2, -0.15) is 5.10 Å². The maximum Gasteiger partial charge on any atom is 0.158 e. The number of benzene rings is 1. The fourth-order valence-corrected chi connectivity index (χ4v) is 5.97. The highest BCUT2D eigenvalue weighted by Gasteiger charge is 2.24. The number of aromatic nitrogens is 4. The van der Waals surface area contributed by atoms with Crippen LogP contribution in [-0.2, 0) is 6.42 Å². The molecule has 3 aromatic heterocycles. The Morgan fingerprint density at radius 3 is 2.71 bits per heavy atom. The normalized spacial score (nSPS) is 15.1. The highest BCUT2D eigenvalue weighted by Crippen LogP contribution is 2.40. The molecule has 0 saturated carbocycles. The van der Waals surface area contributed by atoms with Crippen molar-refractivity contribution in [1.29, 1.82) is 0 Å². The number of pyridine rings is 1. The number of H-pyrrole nitrogens is 1. The van der Waals surface area contributed by atoms with E-state index in [2.05, 4.69) is 78.6 Å². The third-order valence-corrected chi connectivity index (χ3v) is 7.85. The summed E-state index contributed by atoms with van der Waals surface area (Å²) in [6.07, 6.45) is 7.95. The average Bonchev–Trinajstić information content (AvgIpc) is 3.48. The molecule has 1 aliphatic heterocycles. The van der Waals surface area contributed by atoms with E-state index in [-0.39, 0.29) is 0 Å². The van der Waals surface area contributed by atoms with Crippen LogP contribution in [0.3, 0.4) is 0 Å². The fourth-order valence-electron chi connectivity index (χ4n) is 5.97. The van der Waals surface area contributed by atoms with Gasteiger partial charge in [0.25, 0.3) is 0 Å². The first-order valence-corrected chi connectivity index (χ1v) is 13.0. The molecular formula is C29H38N6. The molecule has 0 spiro atoms. The third-order valence-electron chi connectivity index (χ3n) is 7.85. The first-order valence-electron chi connectivity index (χ1n) is 13.0. The predicted molar refractivity (Wildman–Crippen MR) is 145 cm³/mol. The molecule has 1 saturated heterocycles. The van der Waals surface area contributed by atoms with Gasteiger partial charge in [-0.05, 0) is 85.4 Å². The smallest absolute Gasteiger partial charge is 0.158 e. The number of nitrogens with zero attached hydrogens (tertiary/aromatic N) is 4. The number of aromatic amines is 1. The van der Waals surface area contributed by atoms with Crippen LogP contribution >= 0.6 is 0 Å². The SMILES string of the molecule is C=C(CCN)N1CCC(c2ccc3[nH]c(-c4cn5ncnc5c(C)c4CC)c(C(C)C)c3c2)CC1. The zero-order chi connectivity index (χ0) is 24.7. The highest BCUT2D eigenvalue weighted by atomic mass is 15.3. The average molecular weight is 471 g/mol. The summed E-state index contributed by atoms with van der Waals surface area (Å²) < 4.78 is 1.91. The van der Waals surface area contributed by atoms with E-state index >= 15 is 0 Å². The Morgan fingerprint density at radius 2 is 2.03 bits per heavy atom. The van der Waals surface area contributed by atoms with Crippen LogP contribution in [0.1, 0.15) is 74.1 Å². The van der Waals surface area contributed by atoms with Gasteiger partial charge in [-0.1, -0.05) is 33.4 Å². The van der Waals surface area contributed by atoms with Crippen LogP contribution < -0.4 is 5.73 Å². The molecule has 1 fully saturated rings. The minimum atomic E-state index is 0.395. The zero-order valence-electron chi connectivity index (χ0n) is 21.6. The van der Waals surface area contributed by atoms with Gasteiger partial charge in [0.1, 0.15) is 6.33 Å². The maximum absolute atomic E-state index is 5.74. The first-order chi connectivity index (χ1) is 16.9. The number of fused-ring (bicyclic) bond motifs is 2. The van der Waals surface area contributed by atoms with Crippen LogP contribution in [0, 0.1) is 6.92 Å². The molecule has 0 amide bonds. The number of nitrogens with one attached hydrogen (secondary N) is 1. The van der Waals surface area contributed by atoms with Crippen molar-refractivity contribution >= 4 is 16.6 Å². The molecule has 4 heterocycles. The summed E-state index contributed by atoms with van der Waals surface area (Å²) >= 11 is 0. The molecule has 3 N–H and O–H groups in total. The number of hydrogen-bond donors (Lipinski definition) is 2. The van der Waals surface area contributed by atoms with Crippen molar-refractivity contribution in [2.24, 2.45) is 5.73 Å². The van der Waals surface area contributed by atoms with E-state index in [0.29, 0.717) is 18.4 Å². The van der Waals surface area contributed by atoms with Gasteiger partial charge in [-0.25, -0.2) is 9.50 Å². The van der Waals surface area contributed by atoms with Gasteiger partial charge in [-0.15, -0.1) is 0 Å². The summed E-state index contributed by atoms with van der Waals surface area (Å²) in [6.45, 7) is 16.0. The second kappa shape index (κ2) is 9.50. The van der Waals surface area contributed by atoms with Crippen LogP contribution in [0.15, 0.2) is 43.0 Å². The molecule has 1 aromatic carbocycles. The summed E-state index contributed by atoms with van der Waals surface area (Å²) in [5.41, 5.74) is 16.9. The van der Waals surface area contributed by atoms with Crippen LogP contribution in [0.4, 0.5) is 0 Å². The number of piperidine rings is 1. The molecule has 6 heteroatoms. The van der Waals surface area contributed by atoms with Crippen molar-refractivity contribution < 1.29 is 0 Å². The Balaban J connectivity index is 1.55. The Hall–Kier alpha value is -3.12. The zero-order valence-corrected chi connectivity index (χ0v) is 21.6. The van der Waals surface area contributed by atoms with Crippen LogP contribution in [0.5, 0.6) is 0 Å². The Bertz CT molecular complexity index is 1370. The van der Waals surface area contributed by atoms with Crippen molar-refractivity contribution in [3.8, 4) is 11.3 Å². The molecule has 0 bridgehead atoms. The molecule has 35 heavy (non-hydrogen) atoms. The van der Waals surface area contributed by atoms with Gasteiger partial charge in [0.15, 0.2) is 5.65 Å². The van der Waals surface area contributed by atoms with E-state index in [1.807, 2.05) is 4.52 Å². The minimum absolute atomic E-state index is 0.395. The number of nitrogens with two attached hydrogens (primary N) is 1. The molecule has 184 valence electrons. The fraction of sp³-hybridized carbons (Fsp3) is 0.448. The van der Waals surface area contributed by atoms with Crippen molar-refractivity contribution in [3.05, 3.63) is 65.3 Å². The lowest BCUT2D eigenvalue weighted by Gasteiger charge is -2.35. The van der Waals surface area contributed by atoms with E-state index in [0.717, 1.165) is 44.4 Å². The molecule has 0 atom stereocenters. The highest BCUT2D eigenvalue weighted by molar-refractivity contribution is 5.92. The summed E-state index contributed by atoms with van der Waals surface area (Å²) in [7, 11) is 0. The Kier molecular flexibility index (Phi) is 6.41. The number of rotatable bonds is 7. The van der Waals surface area contributed by atoms with E-state index in [4.69, 9.17) is 5.73 Å². The Labute approximate surface area is 208 Å². The van der Waals surface area contributed by atoms with Gasteiger partial charge < -0.3 is 15.6 Å². The lowest BCUT2D eigenvalue weighted by molar-refractivity contribution is 0.257. The van der Waals surface area contributed by atoms with Crippen molar-refractivity contribution in [2.45, 2.75) is 65.2 Å². The second-order valence-corrected chi connectivity index (χ2v) is 10.3. The van der Waals surface area contributed by atoms with Gasteiger partial charge in [0, 0.05) is 41.4 Å². The molecule has 5 rings (SSSR count). The standard InChI is InChI=1S/C29H38N6/c1-6-23-20(5)29-31-17-32-35(29)16-25(23)28-27(18(2)3)24-15-22(7-8-26(24)33-28)21-10-13-34(14-11-21)19(4)9-12-30/h7-8,15-18,21,33H,4,6,9-14,30H2,1-3,5H3. The molecular weight excluding hydrogens is 432 g/mol. The van der Waals surface area contributed by atoms with Crippen molar-refractivity contribution in [2.75, 3.05) is 19.6 Å². The summed E-state index contributed by atoms with van der Waals surface area (Å²) in [5.74, 6) is 0.978. The monoisotopic (exact) mass is 470 g/mol. The molecule has 6 nitrogen and oxygen atoms in total. The van der Waals surface area contributed by atoms with E-state index in [9.17, 15) is 0 Å². The molecule has 1 aliphatic rings. The molecule has 4 aromatic rings. The van der Waals surface area contributed by atoms with E-state index in [1.54, 1.807) is 6.33 Å². The number of hydrogen-bond acceptors (Lipinski definition) is 4. The quantitative estimate of drug-likeness (QED) is 0.352. The summed E-state index contributed by atoms with van der Waals surface area (Å²) in [5, 5.41) is 5.80. The minimum Gasteiger partial charge on any atom is -0.375 e. The van der Waals surface area contributed by atoms with Gasteiger partial charge >= 0.3 is 0 Å². The second-order valence-electron chi connectivity index (χ2n) is 10.3. The summed E-state index contributed by atoms with van der Waals surface area (Å²) in [4.78, 5) is 10.7.